The Hall–Kier alpha value is -2.39. The van der Waals surface area contributed by atoms with Gasteiger partial charge in [-0.3, -0.25) is 4.79 Å². The van der Waals surface area contributed by atoms with Gasteiger partial charge in [-0.1, -0.05) is 13.0 Å². The molecule has 9 heteroatoms. The van der Waals surface area contributed by atoms with Crippen molar-refractivity contribution in [1.82, 2.24) is 19.2 Å². The quantitative estimate of drug-likeness (QED) is 0.615. The van der Waals surface area contributed by atoms with E-state index in [0.29, 0.717) is 6.54 Å². The fourth-order valence-electron chi connectivity index (χ4n) is 2.62. The lowest BCUT2D eigenvalue weighted by molar-refractivity contribution is -0.121. The van der Waals surface area contributed by atoms with E-state index in [4.69, 9.17) is 4.74 Å². The molecule has 0 atom stereocenters. The Labute approximate surface area is 160 Å². The lowest BCUT2D eigenvalue weighted by atomic mass is 10.2. The second-order valence-electron chi connectivity index (χ2n) is 6.09. The summed E-state index contributed by atoms with van der Waals surface area (Å²) >= 11 is 0. The standard InChI is InChI=1S/C18H26N4O4S/c1-4-22(13-18(23)20-8-5-10-21-11-9-19-14-21)27(24,25)17-12-15(2)6-7-16(17)26-3/h6-7,9,11-12,14H,4-5,8,10,13H2,1-3H3,(H,20,23). The molecule has 27 heavy (non-hydrogen) atoms. The van der Waals surface area contributed by atoms with E-state index < -0.39 is 10.0 Å². The van der Waals surface area contributed by atoms with Crippen molar-refractivity contribution in [3.05, 3.63) is 42.5 Å². The number of benzene rings is 1. The Kier molecular flexibility index (Phi) is 7.37. The third-order valence-corrected chi connectivity index (χ3v) is 6.03. The summed E-state index contributed by atoms with van der Waals surface area (Å²) in [4.78, 5) is 16.2. The van der Waals surface area contributed by atoms with Crippen molar-refractivity contribution in [2.75, 3.05) is 26.7 Å². The predicted molar refractivity (Wildman–Crippen MR) is 102 cm³/mol. The van der Waals surface area contributed by atoms with Crippen molar-refractivity contribution in [3.8, 4) is 5.75 Å². The number of nitrogens with one attached hydrogen (secondary N) is 1. The van der Waals surface area contributed by atoms with E-state index in [1.807, 2.05) is 17.7 Å². The van der Waals surface area contributed by atoms with Crippen LogP contribution in [-0.4, -0.2) is 54.9 Å². The summed E-state index contributed by atoms with van der Waals surface area (Å²) in [6.45, 7) is 4.65. The van der Waals surface area contributed by atoms with Crippen LogP contribution in [0.2, 0.25) is 0 Å². The van der Waals surface area contributed by atoms with E-state index in [2.05, 4.69) is 10.3 Å². The number of ether oxygens (including phenoxy) is 1. The topological polar surface area (TPSA) is 93.5 Å². The molecule has 0 fully saturated rings. The van der Waals surface area contributed by atoms with Crippen LogP contribution in [0.3, 0.4) is 0 Å². The summed E-state index contributed by atoms with van der Waals surface area (Å²) in [6, 6.07) is 4.95. The molecule has 8 nitrogen and oxygen atoms in total. The minimum Gasteiger partial charge on any atom is -0.495 e. The summed E-state index contributed by atoms with van der Waals surface area (Å²) in [5.74, 6) is -0.0718. The SMILES string of the molecule is CCN(CC(=O)NCCCn1ccnc1)S(=O)(=O)c1cc(C)ccc1OC. The van der Waals surface area contributed by atoms with Crippen LogP contribution in [0.15, 0.2) is 41.8 Å². The van der Waals surface area contributed by atoms with E-state index in [9.17, 15) is 13.2 Å². The van der Waals surface area contributed by atoms with E-state index in [1.165, 1.54) is 7.11 Å². The maximum Gasteiger partial charge on any atom is 0.247 e. The number of methoxy groups -OCH3 is 1. The Morgan fingerprint density at radius 2 is 2.15 bits per heavy atom. The normalized spacial score (nSPS) is 11.6. The average Bonchev–Trinajstić information content (AvgIpc) is 3.16. The van der Waals surface area contributed by atoms with Crippen LogP contribution in [-0.2, 0) is 21.4 Å². The Morgan fingerprint density at radius 3 is 2.78 bits per heavy atom. The van der Waals surface area contributed by atoms with Crippen LogP contribution in [0.5, 0.6) is 5.75 Å². The molecular formula is C18H26N4O4S. The zero-order valence-corrected chi connectivity index (χ0v) is 16.7. The van der Waals surface area contributed by atoms with Gasteiger partial charge in [0.2, 0.25) is 15.9 Å². The Bertz CT molecular complexity index is 850. The van der Waals surface area contributed by atoms with Gasteiger partial charge in [-0.05, 0) is 31.0 Å². The van der Waals surface area contributed by atoms with Gasteiger partial charge >= 0.3 is 0 Å². The molecule has 148 valence electrons. The summed E-state index contributed by atoms with van der Waals surface area (Å²) in [5.41, 5.74) is 0.800. The fraction of sp³-hybridized carbons (Fsp3) is 0.444. The van der Waals surface area contributed by atoms with Gasteiger partial charge in [0.15, 0.2) is 0 Å². The van der Waals surface area contributed by atoms with Crippen molar-refractivity contribution < 1.29 is 17.9 Å². The third kappa shape index (κ3) is 5.54. The van der Waals surface area contributed by atoms with E-state index >= 15 is 0 Å². The number of aromatic nitrogens is 2. The molecule has 0 aliphatic carbocycles. The maximum absolute atomic E-state index is 13.0. The molecule has 0 radical (unpaired) electrons. The average molecular weight is 394 g/mol. The minimum absolute atomic E-state index is 0.0692. The molecule has 1 N–H and O–H groups in total. The van der Waals surface area contributed by atoms with Crippen LogP contribution in [0.25, 0.3) is 0 Å². The highest BCUT2D eigenvalue weighted by molar-refractivity contribution is 7.89. The number of sulfonamides is 1. The van der Waals surface area contributed by atoms with Crippen molar-refractivity contribution in [2.45, 2.75) is 31.7 Å². The highest BCUT2D eigenvalue weighted by Crippen LogP contribution is 2.27. The second kappa shape index (κ2) is 9.52. The number of rotatable bonds is 10. The molecule has 1 amide bonds. The monoisotopic (exact) mass is 394 g/mol. The molecule has 1 aromatic heterocycles. The van der Waals surface area contributed by atoms with Crippen molar-refractivity contribution in [1.29, 1.82) is 0 Å². The van der Waals surface area contributed by atoms with Crippen LogP contribution in [0, 0.1) is 6.92 Å². The van der Waals surface area contributed by atoms with Gasteiger partial charge < -0.3 is 14.6 Å². The van der Waals surface area contributed by atoms with Gasteiger partial charge in [-0.25, -0.2) is 13.4 Å². The fourth-order valence-corrected chi connectivity index (χ4v) is 4.26. The molecule has 0 spiro atoms. The highest BCUT2D eigenvalue weighted by Gasteiger charge is 2.28. The van der Waals surface area contributed by atoms with Crippen LogP contribution >= 0.6 is 0 Å². The predicted octanol–water partition coefficient (Wildman–Crippen LogP) is 1.42. The molecule has 0 aliphatic rings. The molecule has 2 aromatic rings. The number of imidazole rings is 1. The Balaban J connectivity index is 1.98. The zero-order chi connectivity index (χ0) is 19.9. The van der Waals surface area contributed by atoms with Gasteiger partial charge in [0.05, 0.1) is 20.0 Å². The number of aryl methyl sites for hydroxylation is 2. The van der Waals surface area contributed by atoms with Crippen LogP contribution < -0.4 is 10.1 Å². The zero-order valence-electron chi connectivity index (χ0n) is 15.9. The number of nitrogens with zero attached hydrogens (tertiary/aromatic N) is 3. The third-order valence-electron chi connectivity index (χ3n) is 4.08. The lowest BCUT2D eigenvalue weighted by Gasteiger charge is -2.21. The van der Waals surface area contributed by atoms with Gasteiger partial charge in [0, 0.05) is 32.0 Å². The second-order valence-corrected chi connectivity index (χ2v) is 8.00. The summed E-state index contributed by atoms with van der Waals surface area (Å²) < 4.78 is 34.2. The van der Waals surface area contributed by atoms with Crippen LogP contribution in [0.4, 0.5) is 0 Å². The molecule has 0 saturated carbocycles. The van der Waals surface area contributed by atoms with Gasteiger partial charge in [-0.2, -0.15) is 4.31 Å². The molecule has 0 saturated heterocycles. The van der Waals surface area contributed by atoms with Gasteiger partial charge in [-0.15, -0.1) is 0 Å². The number of hydrogen-bond donors (Lipinski definition) is 1. The number of likely N-dealkylation sites (N-methyl/N-ethyl adjacent to an activating group) is 1. The molecule has 1 aromatic carbocycles. The molecule has 0 aliphatic heterocycles. The lowest BCUT2D eigenvalue weighted by Crippen LogP contribution is -2.41. The first kappa shape index (κ1) is 20.9. The van der Waals surface area contributed by atoms with E-state index in [0.717, 1.165) is 22.8 Å². The first-order valence-electron chi connectivity index (χ1n) is 8.75. The van der Waals surface area contributed by atoms with Crippen molar-refractivity contribution in [2.24, 2.45) is 0 Å². The van der Waals surface area contributed by atoms with E-state index in [1.54, 1.807) is 37.6 Å². The number of hydrogen-bond acceptors (Lipinski definition) is 5. The summed E-state index contributed by atoms with van der Waals surface area (Å²) in [6.07, 6.45) is 5.99. The number of carbonyl (C=O) groups is 1. The largest absolute Gasteiger partial charge is 0.495 e. The maximum atomic E-state index is 13.0. The minimum atomic E-state index is -3.84. The Morgan fingerprint density at radius 1 is 1.37 bits per heavy atom. The van der Waals surface area contributed by atoms with Crippen molar-refractivity contribution in [3.63, 3.8) is 0 Å². The molecule has 0 unspecified atom stereocenters. The number of amides is 1. The van der Waals surface area contributed by atoms with Crippen LogP contribution in [0.1, 0.15) is 18.9 Å². The molecule has 2 rings (SSSR count). The molecular weight excluding hydrogens is 368 g/mol. The van der Waals surface area contributed by atoms with Gasteiger partial charge in [0.25, 0.3) is 0 Å². The van der Waals surface area contributed by atoms with Gasteiger partial charge in [0.1, 0.15) is 10.6 Å². The molecule has 1 heterocycles. The highest BCUT2D eigenvalue weighted by atomic mass is 32.2. The first-order valence-corrected chi connectivity index (χ1v) is 10.2. The smallest absolute Gasteiger partial charge is 0.247 e. The summed E-state index contributed by atoms with van der Waals surface area (Å²) in [5, 5.41) is 2.76. The first-order chi connectivity index (χ1) is 12.9. The van der Waals surface area contributed by atoms with E-state index in [-0.39, 0.29) is 29.6 Å². The van der Waals surface area contributed by atoms with Crippen molar-refractivity contribution >= 4 is 15.9 Å². The number of carbonyl (C=O) groups excluding carboxylic acids is 1. The summed E-state index contributed by atoms with van der Waals surface area (Å²) in [7, 11) is -2.42. The molecule has 0 bridgehead atoms.